The summed E-state index contributed by atoms with van der Waals surface area (Å²) < 4.78 is 5.76. The third kappa shape index (κ3) is 6.69. The van der Waals surface area contributed by atoms with Gasteiger partial charge >= 0.3 is 0 Å². The van der Waals surface area contributed by atoms with Crippen molar-refractivity contribution in [3.63, 3.8) is 0 Å². The van der Waals surface area contributed by atoms with Gasteiger partial charge in [0.25, 0.3) is 0 Å². The van der Waals surface area contributed by atoms with Gasteiger partial charge in [0.05, 0.1) is 0 Å². The topological polar surface area (TPSA) is 41.5 Å². The summed E-state index contributed by atoms with van der Waals surface area (Å²) in [5.74, 6) is 0.845. The van der Waals surface area contributed by atoms with E-state index >= 15 is 0 Å². The third-order valence-electron chi connectivity index (χ3n) is 4.32. The van der Waals surface area contributed by atoms with E-state index in [0.29, 0.717) is 13.2 Å². The first-order valence-electron chi connectivity index (χ1n) is 8.70. The van der Waals surface area contributed by atoms with E-state index in [1.165, 1.54) is 11.1 Å². The molecule has 0 saturated carbocycles. The zero-order chi connectivity index (χ0) is 17.5. The van der Waals surface area contributed by atoms with Gasteiger partial charge in [-0.2, -0.15) is 0 Å². The number of aryl methyl sites for hydroxylation is 3. The molecule has 138 valence electrons. The van der Waals surface area contributed by atoms with Crippen LogP contribution in [0.5, 0.6) is 5.75 Å². The van der Waals surface area contributed by atoms with Crippen molar-refractivity contribution >= 4 is 12.4 Å². The van der Waals surface area contributed by atoms with Gasteiger partial charge in [0, 0.05) is 12.6 Å². The van der Waals surface area contributed by atoms with Crippen molar-refractivity contribution in [2.45, 2.75) is 46.3 Å². The van der Waals surface area contributed by atoms with Crippen LogP contribution >= 0.6 is 12.4 Å². The van der Waals surface area contributed by atoms with Crippen LogP contribution in [0.4, 0.5) is 0 Å². The molecule has 2 atom stereocenters. The summed E-state index contributed by atoms with van der Waals surface area (Å²) >= 11 is 0. The largest absolute Gasteiger partial charge is 0.491 e. The van der Waals surface area contributed by atoms with Gasteiger partial charge in [-0.1, -0.05) is 43.3 Å². The molecule has 0 spiro atoms. The molecule has 25 heavy (non-hydrogen) atoms. The number of nitrogens with one attached hydrogen (secondary N) is 1. The van der Waals surface area contributed by atoms with E-state index in [-0.39, 0.29) is 18.4 Å². The van der Waals surface area contributed by atoms with Crippen LogP contribution in [-0.2, 0) is 6.42 Å². The molecule has 0 bridgehead atoms. The van der Waals surface area contributed by atoms with E-state index in [9.17, 15) is 5.11 Å². The molecule has 0 aliphatic carbocycles. The minimum atomic E-state index is -0.540. The summed E-state index contributed by atoms with van der Waals surface area (Å²) in [7, 11) is 0. The standard InChI is InChI=1S/C21H29NO2.ClH/c1-5-18-8-10-19(11-9-18)17(4)22-13-20(23)14-24-21-12-15(2)6-7-16(21)3;/h6-12,17,20,22-23H,5,13-14H2,1-4H3;1H. The number of aliphatic hydroxyl groups is 1. The molecule has 2 unspecified atom stereocenters. The van der Waals surface area contributed by atoms with Gasteiger partial charge in [-0.15, -0.1) is 12.4 Å². The monoisotopic (exact) mass is 363 g/mol. The number of hydrogen-bond acceptors (Lipinski definition) is 3. The Labute approximate surface area is 157 Å². The molecule has 0 aliphatic heterocycles. The molecule has 4 heteroatoms. The number of benzene rings is 2. The maximum absolute atomic E-state index is 10.2. The molecule has 0 saturated heterocycles. The summed E-state index contributed by atoms with van der Waals surface area (Å²) in [6, 6.07) is 14.9. The Morgan fingerprint density at radius 1 is 1.08 bits per heavy atom. The molecule has 3 nitrogen and oxygen atoms in total. The summed E-state index contributed by atoms with van der Waals surface area (Å²) in [6.45, 7) is 9.11. The molecular weight excluding hydrogens is 334 g/mol. The number of hydrogen-bond donors (Lipinski definition) is 2. The summed E-state index contributed by atoms with van der Waals surface area (Å²) in [6.07, 6.45) is 0.513. The lowest BCUT2D eigenvalue weighted by Gasteiger charge is -2.19. The number of rotatable bonds is 8. The molecule has 0 amide bonds. The highest BCUT2D eigenvalue weighted by Gasteiger charge is 2.10. The maximum Gasteiger partial charge on any atom is 0.122 e. The number of halogens is 1. The van der Waals surface area contributed by atoms with Gasteiger partial charge in [0.1, 0.15) is 18.5 Å². The van der Waals surface area contributed by atoms with E-state index in [1.807, 2.05) is 26.0 Å². The van der Waals surface area contributed by atoms with E-state index in [1.54, 1.807) is 0 Å². The Kier molecular flexibility index (Phi) is 8.98. The van der Waals surface area contributed by atoms with Crippen LogP contribution in [-0.4, -0.2) is 24.4 Å². The van der Waals surface area contributed by atoms with E-state index in [2.05, 4.69) is 49.5 Å². The summed E-state index contributed by atoms with van der Waals surface area (Å²) in [4.78, 5) is 0. The van der Waals surface area contributed by atoms with Crippen LogP contribution in [0, 0.1) is 13.8 Å². The zero-order valence-corrected chi connectivity index (χ0v) is 16.4. The van der Waals surface area contributed by atoms with Crippen LogP contribution in [0.25, 0.3) is 0 Å². The third-order valence-corrected chi connectivity index (χ3v) is 4.32. The highest BCUT2D eigenvalue weighted by atomic mass is 35.5. The Morgan fingerprint density at radius 2 is 1.76 bits per heavy atom. The van der Waals surface area contributed by atoms with Crippen molar-refractivity contribution in [3.05, 3.63) is 64.7 Å². The Morgan fingerprint density at radius 3 is 2.40 bits per heavy atom. The van der Waals surface area contributed by atoms with Crippen molar-refractivity contribution in [2.24, 2.45) is 0 Å². The van der Waals surface area contributed by atoms with E-state index < -0.39 is 6.10 Å². The zero-order valence-electron chi connectivity index (χ0n) is 15.6. The lowest BCUT2D eigenvalue weighted by molar-refractivity contribution is 0.104. The fraction of sp³-hybridized carbons (Fsp3) is 0.429. The molecule has 2 aromatic carbocycles. The van der Waals surface area contributed by atoms with Gasteiger partial charge in [-0.3, -0.25) is 0 Å². The average molecular weight is 364 g/mol. The fourth-order valence-electron chi connectivity index (χ4n) is 2.58. The minimum absolute atomic E-state index is 0. The van der Waals surface area contributed by atoms with Gasteiger partial charge in [-0.25, -0.2) is 0 Å². The molecule has 2 rings (SSSR count). The molecule has 0 aliphatic rings. The predicted octanol–water partition coefficient (Wildman–Crippen LogP) is 4.38. The number of ether oxygens (including phenoxy) is 1. The second kappa shape index (κ2) is 10.4. The average Bonchev–Trinajstić information content (AvgIpc) is 2.60. The van der Waals surface area contributed by atoms with Crippen molar-refractivity contribution in [3.8, 4) is 5.75 Å². The molecular formula is C21H30ClNO2. The lowest BCUT2D eigenvalue weighted by atomic mass is 10.0. The maximum atomic E-state index is 10.2. The SMILES string of the molecule is CCc1ccc(C(C)NCC(O)COc2cc(C)ccc2C)cc1.Cl. The van der Waals surface area contributed by atoms with E-state index in [4.69, 9.17) is 4.74 Å². The minimum Gasteiger partial charge on any atom is -0.491 e. The molecule has 0 fully saturated rings. The van der Waals surface area contributed by atoms with Crippen LogP contribution in [0.2, 0.25) is 0 Å². The summed E-state index contributed by atoms with van der Waals surface area (Å²) in [5, 5.41) is 13.5. The molecule has 0 heterocycles. The van der Waals surface area contributed by atoms with Crippen LogP contribution < -0.4 is 10.1 Å². The Hall–Kier alpha value is -1.55. The van der Waals surface area contributed by atoms with Gasteiger partial charge in [0.2, 0.25) is 0 Å². The van der Waals surface area contributed by atoms with Crippen LogP contribution in [0.1, 0.15) is 42.1 Å². The van der Waals surface area contributed by atoms with Gasteiger partial charge in [0.15, 0.2) is 0 Å². The normalized spacial score (nSPS) is 13.0. The second-order valence-corrected chi connectivity index (χ2v) is 6.46. The molecule has 0 aromatic heterocycles. The van der Waals surface area contributed by atoms with Crippen molar-refractivity contribution < 1.29 is 9.84 Å². The highest BCUT2D eigenvalue weighted by Crippen LogP contribution is 2.19. The predicted molar refractivity (Wildman–Crippen MR) is 107 cm³/mol. The molecule has 2 aromatic rings. The van der Waals surface area contributed by atoms with Crippen molar-refractivity contribution in [1.82, 2.24) is 5.32 Å². The molecule has 2 N–H and O–H groups in total. The smallest absolute Gasteiger partial charge is 0.122 e. The fourth-order valence-corrected chi connectivity index (χ4v) is 2.58. The second-order valence-electron chi connectivity index (χ2n) is 6.46. The van der Waals surface area contributed by atoms with E-state index in [0.717, 1.165) is 23.3 Å². The van der Waals surface area contributed by atoms with Crippen molar-refractivity contribution in [1.29, 1.82) is 0 Å². The van der Waals surface area contributed by atoms with Crippen LogP contribution in [0.3, 0.4) is 0 Å². The van der Waals surface area contributed by atoms with Crippen LogP contribution in [0.15, 0.2) is 42.5 Å². The first-order chi connectivity index (χ1) is 11.5. The highest BCUT2D eigenvalue weighted by molar-refractivity contribution is 5.85. The van der Waals surface area contributed by atoms with Gasteiger partial charge < -0.3 is 15.2 Å². The molecule has 0 radical (unpaired) electrons. The number of aliphatic hydroxyl groups excluding tert-OH is 1. The van der Waals surface area contributed by atoms with Crippen molar-refractivity contribution in [2.75, 3.05) is 13.2 Å². The first kappa shape index (κ1) is 21.5. The quantitative estimate of drug-likeness (QED) is 0.731. The van der Waals surface area contributed by atoms with Gasteiger partial charge in [-0.05, 0) is 55.5 Å². The Balaban J connectivity index is 0.00000312. The first-order valence-corrected chi connectivity index (χ1v) is 8.70. The summed E-state index contributed by atoms with van der Waals surface area (Å²) in [5.41, 5.74) is 4.82. The lowest BCUT2D eigenvalue weighted by Crippen LogP contribution is -2.33. The Bertz CT molecular complexity index is 643.